The van der Waals surface area contributed by atoms with E-state index in [-0.39, 0.29) is 0 Å². The molecule has 118 valence electrons. The van der Waals surface area contributed by atoms with E-state index in [1.165, 1.54) is 31.5 Å². The summed E-state index contributed by atoms with van der Waals surface area (Å²) < 4.78 is 4.84. The molecule has 0 saturated carbocycles. The zero-order chi connectivity index (χ0) is 15.7. The van der Waals surface area contributed by atoms with Gasteiger partial charge in [0.1, 0.15) is 0 Å². The molecule has 1 aromatic heterocycles. The number of likely N-dealkylation sites (tertiary alicyclic amines) is 1. The number of benzene rings is 1. The molecule has 1 aliphatic rings. The fourth-order valence-electron chi connectivity index (χ4n) is 3.19. The first-order valence-electron chi connectivity index (χ1n) is 8.09. The predicted octanol–water partition coefficient (Wildman–Crippen LogP) is 2.20. The molecule has 0 spiro atoms. The number of rotatable bonds is 3. The molecule has 1 aliphatic heterocycles. The van der Waals surface area contributed by atoms with Gasteiger partial charge in [0, 0.05) is 12.6 Å². The highest BCUT2D eigenvalue weighted by Gasteiger charge is 2.21. The van der Waals surface area contributed by atoms with Crippen LogP contribution in [0.3, 0.4) is 0 Å². The quantitative estimate of drug-likeness (QED) is 0.879. The van der Waals surface area contributed by atoms with Gasteiger partial charge in [-0.1, -0.05) is 31.2 Å². The number of nitrogens with one attached hydrogen (secondary N) is 1. The molecule has 3 rings (SSSR count). The summed E-state index contributed by atoms with van der Waals surface area (Å²) in [4.78, 5) is 1.59. The van der Waals surface area contributed by atoms with Crippen molar-refractivity contribution < 1.29 is 4.90 Å². The fourth-order valence-corrected chi connectivity index (χ4v) is 3.38. The second kappa shape index (κ2) is 6.34. The zero-order valence-corrected chi connectivity index (χ0v) is 14.5. The van der Waals surface area contributed by atoms with Gasteiger partial charge in [-0.2, -0.15) is 4.68 Å². The number of aryl methyl sites for hydroxylation is 1. The summed E-state index contributed by atoms with van der Waals surface area (Å²) in [6.45, 7) is 7.79. The van der Waals surface area contributed by atoms with Crippen LogP contribution in [-0.2, 0) is 13.7 Å². The van der Waals surface area contributed by atoms with Crippen LogP contribution in [0.2, 0.25) is 0 Å². The molecule has 1 N–H and O–H groups in total. The van der Waals surface area contributed by atoms with Crippen LogP contribution >= 0.6 is 12.2 Å². The Bertz CT molecular complexity index is 708. The number of quaternary nitrogens is 1. The third kappa shape index (κ3) is 3.01. The predicted molar refractivity (Wildman–Crippen MR) is 91.3 cm³/mol. The van der Waals surface area contributed by atoms with Gasteiger partial charge in [0.15, 0.2) is 12.5 Å². The number of hydrogen-bond acceptors (Lipinski definition) is 2. The Kier molecular flexibility index (Phi) is 4.45. The lowest BCUT2D eigenvalue weighted by Crippen LogP contribution is -3.12. The zero-order valence-electron chi connectivity index (χ0n) is 13.7. The third-order valence-electron chi connectivity index (χ3n) is 4.78. The molecule has 1 saturated heterocycles. The van der Waals surface area contributed by atoms with E-state index in [4.69, 9.17) is 17.3 Å². The van der Waals surface area contributed by atoms with Gasteiger partial charge >= 0.3 is 0 Å². The summed E-state index contributed by atoms with van der Waals surface area (Å²) in [5, 5.41) is 4.81. The standard InChI is InChI=1S/C17H24N4S/c1-13-8-10-20(11-9-13)12-21-17(22)19(3)16(18-21)15-7-5-4-6-14(15)2/h4-7,13H,8-12H2,1-3H3/p+1. The van der Waals surface area contributed by atoms with E-state index >= 15 is 0 Å². The SMILES string of the molecule is Cc1ccccc1-c1nn(C[NH+]2CCC(C)CC2)c(=S)n1C. The van der Waals surface area contributed by atoms with Crippen LogP contribution in [0.1, 0.15) is 25.3 Å². The van der Waals surface area contributed by atoms with Crippen LogP contribution in [0.4, 0.5) is 0 Å². The van der Waals surface area contributed by atoms with E-state index in [9.17, 15) is 0 Å². The molecule has 0 aliphatic carbocycles. The monoisotopic (exact) mass is 317 g/mol. The average molecular weight is 317 g/mol. The maximum absolute atomic E-state index is 5.60. The van der Waals surface area contributed by atoms with E-state index in [0.29, 0.717) is 0 Å². The summed E-state index contributed by atoms with van der Waals surface area (Å²) in [6.07, 6.45) is 2.61. The second-order valence-corrected chi connectivity index (χ2v) is 6.94. The number of nitrogens with zero attached hydrogens (tertiary/aromatic N) is 3. The second-order valence-electron chi connectivity index (χ2n) is 6.57. The minimum absolute atomic E-state index is 0.810. The smallest absolute Gasteiger partial charge is 0.202 e. The molecular weight excluding hydrogens is 292 g/mol. The summed E-state index contributed by atoms with van der Waals surface area (Å²) >= 11 is 5.60. The Labute approximate surface area is 137 Å². The van der Waals surface area contributed by atoms with Crippen molar-refractivity contribution in [2.45, 2.75) is 33.4 Å². The van der Waals surface area contributed by atoms with Gasteiger partial charge < -0.3 is 9.47 Å². The molecule has 1 fully saturated rings. The molecule has 1 aromatic carbocycles. The van der Waals surface area contributed by atoms with Crippen molar-refractivity contribution >= 4 is 12.2 Å². The van der Waals surface area contributed by atoms with Crippen molar-refractivity contribution in [2.75, 3.05) is 13.1 Å². The number of piperidine rings is 1. The Hall–Kier alpha value is -1.46. The van der Waals surface area contributed by atoms with Gasteiger partial charge in [0.05, 0.1) is 13.1 Å². The first kappa shape index (κ1) is 15.4. The Balaban J connectivity index is 1.87. The third-order valence-corrected chi connectivity index (χ3v) is 5.27. The summed E-state index contributed by atoms with van der Waals surface area (Å²) in [5.41, 5.74) is 2.40. The molecular formula is C17H25N4S+. The summed E-state index contributed by atoms with van der Waals surface area (Å²) in [7, 11) is 2.02. The highest BCUT2D eigenvalue weighted by atomic mass is 32.1. The first-order valence-corrected chi connectivity index (χ1v) is 8.50. The molecule has 4 nitrogen and oxygen atoms in total. The van der Waals surface area contributed by atoms with Crippen LogP contribution < -0.4 is 4.90 Å². The molecule has 0 unspecified atom stereocenters. The molecule has 5 heteroatoms. The first-order chi connectivity index (χ1) is 10.6. The van der Waals surface area contributed by atoms with Crippen LogP contribution in [0.5, 0.6) is 0 Å². The lowest BCUT2D eigenvalue weighted by molar-refractivity contribution is -0.929. The Morgan fingerprint density at radius 3 is 2.64 bits per heavy atom. The highest BCUT2D eigenvalue weighted by molar-refractivity contribution is 7.71. The molecule has 0 atom stereocenters. The number of hydrogen-bond donors (Lipinski definition) is 1. The van der Waals surface area contributed by atoms with Gasteiger partial charge in [0.2, 0.25) is 4.77 Å². The molecule has 0 radical (unpaired) electrons. The average Bonchev–Trinajstić information content (AvgIpc) is 2.78. The van der Waals surface area contributed by atoms with E-state index in [1.807, 2.05) is 16.3 Å². The highest BCUT2D eigenvalue weighted by Crippen LogP contribution is 2.21. The fraction of sp³-hybridized carbons (Fsp3) is 0.529. The lowest BCUT2D eigenvalue weighted by atomic mass is 10.00. The van der Waals surface area contributed by atoms with Gasteiger partial charge in [-0.15, -0.1) is 5.10 Å². The molecule has 0 bridgehead atoms. The normalized spacial score (nSPS) is 22.0. The van der Waals surface area contributed by atoms with Crippen molar-refractivity contribution in [2.24, 2.45) is 13.0 Å². The summed E-state index contributed by atoms with van der Waals surface area (Å²) in [5.74, 6) is 1.83. The molecule has 0 amide bonds. The summed E-state index contributed by atoms with van der Waals surface area (Å²) in [6, 6.07) is 8.35. The van der Waals surface area contributed by atoms with E-state index < -0.39 is 0 Å². The van der Waals surface area contributed by atoms with Crippen molar-refractivity contribution in [1.82, 2.24) is 14.3 Å². The minimum atomic E-state index is 0.810. The Morgan fingerprint density at radius 1 is 1.27 bits per heavy atom. The van der Waals surface area contributed by atoms with Crippen molar-refractivity contribution in [3.05, 3.63) is 34.6 Å². The maximum Gasteiger partial charge on any atom is 0.202 e. The van der Waals surface area contributed by atoms with Gasteiger partial charge in [-0.3, -0.25) is 0 Å². The maximum atomic E-state index is 5.60. The van der Waals surface area contributed by atoms with E-state index in [1.54, 1.807) is 4.90 Å². The van der Waals surface area contributed by atoms with Crippen molar-refractivity contribution in [3.63, 3.8) is 0 Å². The molecule has 22 heavy (non-hydrogen) atoms. The van der Waals surface area contributed by atoms with Crippen LogP contribution in [0.25, 0.3) is 11.4 Å². The van der Waals surface area contributed by atoms with E-state index in [0.717, 1.165) is 28.7 Å². The van der Waals surface area contributed by atoms with Gasteiger partial charge in [0.25, 0.3) is 0 Å². The molecule has 2 heterocycles. The largest absolute Gasteiger partial charge is 0.316 e. The van der Waals surface area contributed by atoms with Crippen LogP contribution in [0.15, 0.2) is 24.3 Å². The Morgan fingerprint density at radius 2 is 1.95 bits per heavy atom. The number of aromatic nitrogens is 3. The molecule has 2 aromatic rings. The minimum Gasteiger partial charge on any atom is -0.316 e. The van der Waals surface area contributed by atoms with Gasteiger partial charge in [-0.25, -0.2) is 0 Å². The van der Waals surface area contributed by atoms with Crippen molar-refractivity contribution in [1.29, 1.82) is 0 Å². The van der Waals surface area contributed by atoms with E-state index in [2.05, 4.69) is 38.1 Å². The van der Waals surface area contributed by atoms with Gasteiger partial charge in [-0.05, 0) is 43.5 Å². The van der Waals surface area contributed by atoms with Crippen molar-refractivity contribution in [3.8, 4) is 11.4 Å². The van der Waals surface area contributed by atoms with Crippen LogP contribution in [-0.4, -0.2) is 27.4 Å². The lowest BCUT2D eigenvalue weighted by Gasteiger charge is -2.26. The van der Waals surface area contributed by atoms with Crippen LogP contribution in [0, 0.1) is 17.6 Å². The topological polar surface area (TPSA) is 27.2 Å².